The maximum Gasteiger partial charge on any atom is 0.288 e. The van der Waals surface area contributed by atoms with Crippen molar-refractivity contribution in [3.63, 3.8) is 0 Å². The minimum absolute atomic E-state index is 0.0166. The Balaban J connectivity index is 1.82. The monoisotopic (exact) mass is 407 g/mol. The molecule has 0 atom stereocenters. The van der Waals surface area contributed by atoms with Crippen molar-refractivity contribution in [3.05, 3.63) is 81.3 Å². The number of nitro benzene ring substituents is 1. The van der Waals surface area contributed by atoms with Gasteiger partial charge in [-0.05, 0) is 35.9 Å². The highest BCUT2D eigenvalue weighted by molar-refractivity contribution is 6.32. The summed E-state index contributed by atoms with van der Waals surface area (Å²) in [6.45, 7) is 0. The van der Waals surface area contributed by atoms with Crippen LogP contribution in [-0.4, -0.2) is 11.1 Å². The predicted molar refractivity (Wildman–Crippen MR) is 104 cm³/mol. The van der Waals surface area contributed by atoms with E-state index in [1.165, 1.54) is 30.9 Å². The molecule has 3 heterocycles. The molecule has 29 heavy (non-hydrogen) atoms. The standard InChI is InChI=1S/C20H10ClN3O5/c21-14-6-5-12(9-15(14)24(25)26)11-23-20-13(10-22)18(16-3-1-7-27-16)19(29-20)17-4-2-8-28-17/h1-9,11H/b23-11+. The molecule has 0 bridgehead atoms. The van der Waals surface area contributed by atoms with Crippen LogP contribution in [0.4, 0.5) is 11.6 Å². The lowest BCUT2D eigenvalue weighted by Gasteiger charge is -1.96. The van der Waals surface area contributed by atoms with Gasteiger partial charge in [-0.15, -0.1) is 0 Å². The number of furan rings is 3. The molecule has 0 unspecified atom stereocenters. The molecule has 0 aliphatic carbocycles. The Hall–Kier alpha value is -4.09. The van der Waals surface area contributed by atoms with Crippen molar-refractivity contribution < 1.29 is 18.2 Å². The van der Waals surface area contributed by atoms with Crippen molar-refractivity contribution in [1.29, 1.82) is 5.26 Å². The van der Waals surface area contributed by atoms with Gasteiger partial charge in [0.15, 0.2) is 11.5 Å². The third-order valence-corrected chi connectivity index (χ3v) is 4.33. The van der Waals surface area contributed by atoms with Crippen molar-refractivity contribution in [2.75, 3.05) is 0 Å². The molecule has 0 aliphatic rings. The third-order valence-electron chi connectivity index (χ3n) is 4.01. The first-order valence-corrected chi connectivity index (χ1v) is 8.59. The van der Waals surface area contributed by atoms with Crippen LogP contribution in [0, 0.1) is 21.4 Å². The lowest BCUT2D eigenvalue weighted by molar-refractivity contribution is -0.384. The Labute approximate surface area is 168 Å². The molecule has 0 amide bonds. The molecule has 0 fully saturated rings. The fraction of sp³-hybridized carbons (Fsp3) is 0. The minimum Gasteiger partial charge on any atom is -0.464 e. The second kappa shape index (κ2) is 7.50. The molecule has 1 aromatic carbocycles. The van der Waals surface area contributed by atoms with E-state index in [0.29, 0.717) is 22.6 Å². The molecular weight excluding hydrogens is 398 g/mol. The normalized spacial score (nSPS) is 11.0. The Bertz CT molecular complexity index is 1250. The highest BCUT2D eigenvalue weighted by atomic mass is 35.5. The van der Waals surface area contributed by atoms with E-state index < -0.39 is 4.92 Å². The Morgan fingerprint density at radius 2 is 1.86 bits per heavy atom. The summed E-state index contributed by atoms with van der Waals surface area (Å²) in [6, 6.07) is 13.1. The van der Waals surface area contributed by atoms with Crippen LogP contribution in [0.2, 0.25) is 5.02 Å². The van der Waals surface area contributed by atoms with E-state index in [9.17, 15) is 15.4 Å². The second-order valence-electron chi connectivity index (χ2n) is 5.78. The van der Waals surface area contributed by atoms with Crippen LogP contribution >= 0.6 is 11.6 Å². The van der Waals surface area contributed by atoms with E-state index in [-0.39, 0.29) is 27.9 Å². The first kappa shape index (κ1) is 18.3. The van der Waals surface area contributed by atoms with Gasteiger partial charge in [-0.2, -0.15) is 5.26 Å². The summed E-state index contributed by atoms with van der Waals surface area (Å²) in [4.78, 5) is 14.7. The number of nitro groups is 1. The van der Waals surface area contributed by atoms with Gasteiger partial charge in [-0.25, -0.2) is 4.99 Å². The molecule has 4 rings (SSSR count). The van der Waals surface area contributed by atoms with Crippen LogP contribution in [0.5, 0.6) is 0 Å². The van der Waals surface area contributed by atoms with Gasteiger partial charge in [0, 0.05) is 12.3 Å². The van der Waals surface area contributed by atoms with E-state index in [0.717, 1.165) is 0 Å². The van der Waals surface area contributed by atoms with Gasteiger partial charge in [0.2, 0.25) is 5.88 Å². The van der Waals surface area contributed by atoms with Gasteiger partial charge in [0.25, 0.3) is 5.69 Å². The maximum atomic E-state index is 11.1. The number of rotatable bonds is 5. The van der Waals surface area contributed by atoms with Gasteiger partial charge in [-0.1, -0.05) is 17.7 Å². The largest absolute Gasteiger partial charge is 0.464 e. The highest BCUT2D eigenvalue weighted by Gasteiger charge is 2.26. The fourth-order valence-electron chi connectivity index (χ4n) is 2.73. The average molecular weight is 408 g/mol. The Morgan fingerprint density at radius 1 is 1.14 bits per heavy atom. The van der Waals surface area contributed by atoms with Gasteiger partial charge >= 0.3 is 0 Å². The first-order chi connectivity index (χ1) is 14.1. The third kappa shape index (κ3) is 3.42. The van der Waals surface area contributed by atoms with Crippen molar-refractivity contribution in [2.24, 2.45) is 4.99 Å². The second-order valence-corrected chi connectivity index (χ2v) is 6.19. The molecule has 0 N–H and O–H groups in total. The van der Waals surface area contributed by atoms with E-state index in [2.05, 4.69) is 11.1 Å². The van der Waals surface area contributed by atoms with Crippen molar-refractivity contribution in [3.8, 4) is 28.9 Å². The minimum atomic E-state index is -0.586. The van der Waals surface area contributed by atoms with E-state index in [1.54, 1.807) is 30.3 Å². The SMILES string of the molecule is N#Cc1c(/N=C/c2ccc(Cl)c([N+](=O)[O-])c2)oc(-c2ccco2)c1-c1ccco1. The van der Waals surface area contributed by atoms with Crippen LogP contribution < -0.4 is 0 Å². The molecule has 3 aromatic heterocycles. The smallest absolute Gasteiger partial charge is 0.288 e. The molecule has 0 radical (unpaired) electrons. The van der Waals surface area contributed by atoms with Crippen LogP contribution in [-0.2, 0) is 0 Å². The lowest BCUT2D eigenvalue weighted by atomic mass is 10.1. The Morgan fingerprint density at radius 3 is 2.48 bits per heavy atom. The van der Waals surface area contributed by atoms with Crippen LogP contribution in [0.3, 0.4) is 0 Å². The molecule has 0 spiro atoms. The number of hydrogen-bond acceptors (Lipinski definition) is 7. The van der Waals surface area contributed by atoms with Crippen molar-refractivity contribution in [2.45, 2.75) is 0 Å². The zero-order valence-electron chi connectivity index (χ0n) is 14.5. The summed E-state index contributed by atoms with van der Waals surface area (Å²) in [6.07, 6.45) is 4.30. The highest BCUT2D eigenvalue weighted by Crippen LogP contribution is 2.42. The van der Waals surface area contributed by atoms with Crippen molar-refractivity contribution >= 4 is 29.4 Å². The number of hydrogen-bond donors (Lipinski definition) is 0. The molecule has 0 saturated carbocycles. The van der Waals surface area contributed by atoms with Crippen molar-refractivity contribution in [1.82, 2.24) is 0 Å². The molecule has 0 aliphatic heterocycles. The van der Waals surface area contributed by atoms with Gasteiger partial charge in [0.05, 0.1) is 23.0 Å². The number of nitriles is 1. The van der Waals surface area contributed by atoms with Crippen LogP contribution in [0.25, 0.3) is 22.8 Å². The van der Waals surface area contributed by atoms with Gasteiger partial charge in [-0.3, -0.25) is 10.1 Å². The number of nitrogens with zero attached hydrogens (tertiary/aromatic N) is 3. The number of aliphatic imine (C=N–C) groups is 1. The summed E-state index contributed by atoms with van der Waals surface area (Å²) in [5, 5.41) is 20.8. The van der Waals surface area contributed by atoms with E-state index >= 15 is 0 Å². The van der Waals surface area contributed by atoms with E-state index in [1.807, 2.05) is 0 Å². The molecular formula is C20H10ClN3O5. The van der Waals surface area contributed by atoms with E-state index in [4.69, 9.17) is 24.9 Å². The first-order valence-electron chi connectivity index (χ1n) is 8.21. The summed E-state index contributed by atoms with van der Waals surface area (Å²) in [5.41, 5.74) is 0.719. The number of halogens is 1. The number of benzene rings is 1. The summed E-state index contributed by atoms with van der Waals surface area (Å²) in [5.74, 6) is 1.12. The quantitative estimate of drug-likeness (QED) is 0.228. The average Bonchev–Trinajstić information content (AvgIpc) is 3.46. The molecule has 9 heteroatoms. The zero-order valence-corrected chi connectivity index (χ0v) is 15.3. The summed E-state index contributed by atoms with van der Waals surface area (Å²) < 4.78 is 16.6. The van der Waals surface area contributed by atoms with Crippen LogP contribution in [0.1, 0.15) is 11.1 Å². The van der Waals surface area contributed by atoms with Gasteiger partial charge < -0.3 is 13.3 Å². The fourth-order valence-corrected chi connectivity index (χ4v) is 2.92. The molecule has 0 saturated heterocycles. The van der Waals surface area contributed by atoms with Gasteiger partial charge in [0.1, 0.15) is 22.4 Å². The van der Waals surface area contributed by atoms with Crippen LogP contribution in [0.15, 0.2) is 73.2 Å². The summed E-state index contributed by atoms with van der Waals surface area (Å²) >= 11 is 5.83. The lowest BCUT2D eigenvalue weighted by Crippen LogP contribution is -1.91. The molecule has 142 valence electrons. The molecule has 4 aromatic rings. The molecule has 8 nitrogen and oxygen atoms in total. The predicted octanol–water partition coefficient (Wildman–Crippen LogP) is 5.98. The maximum absolute atomic E-state index is 11.1. The topological polar surface area (TPSA) is 119 Å². The Kier molecular flexibility index (Phi) is 4.73. The zero-order chi connectivity index (χ0) is 20.4. The summed E-state index contributed by atoms with van der Waals surface area (Å²) in [7, 11) is 0.